The minimum absolute atomic E-state index is 0.0521. The molecule has 1 rings (SSSR count). The van der Waals surface area contributed by atoms with E-state index >= 15 is 0 Å². The van der Waals surface area contributed by atoms with Crippen molar-refractivity contribution in [2.45, 2.75) is 25.0 Å². The lowest BCUT2D eigenvalue weighted by atomic mass is 9.95. The Morgan fingerprint density at radius 1 is 1.26 bits per heavy atom. The van der Waals surface area contributed by atoms with Crippen LogP contribution in [0.2, 0.25) is 0 Å². The molecule has 0 aliphatic rings. The lowest BCUT2D eigenvalue weighted by Gasteiger charge is -2.19. The number of carboxylic acid groups (broad SMARTS) is 1. The number of rotatable bonds is 6. The molecule has 104 valence electrons. The molecular formula is C13H16O6. The number of ether oxygens (including phenoxy) is 1. The number of benzene rings is 1. The molecule has 0 aliphatic carbocycles. The monoisotopic (exact) mass is 268 g/mol. The van der Waals surface area contributed by atoms with Gasteiger partial charge in [0.1, 0.15) is 6.10 Å². The van der Waals surface area contributed by atoms with Gasteiger partial charge < -0.3 is 20.1 Å². The first-order valence-electron chi connectivity index (χ1n) is 5.68. The van der Waals surface area contributed by atoms with E-state index in [-0.39, 0.29) is 6.42 Å². The summed E-state index contributed by atoms with van der Waals surface area (Å²) in [5.41, 5.74) is 0.813. The molecular weight excluding hydrogens is 252 g/mol. The summed E-state index contributed by atoms with van der Waals surface area (Å²) in [6.45, 7) is 0. The zero-order chi connectivity index (χ0) is 14.4. The second-order valence-corrected chi connectivity index (χ2v) is 4.06. The first-order valence-corrected chi connectivity index (χ1v) is 5.68. The number of carbonyl (C=O) groups is 2. The number of hydrogen-bond acceptors (Lipinski definition) is 5. The van der Waals surface area contributed by atoms with E-state index in [2.05, 4.69) is 4.74 Å². The van der Waals surface area contributed by atoms with E-state index in [0.717, 1.165) is 0 Å². The smallest absolute Gasteiger partial charge is 0.309 e. The molecule has 0 amide bonds. The number of methoxy groups -OCH3 is 1. The summed E-state index contributed by atoms with van der Waals surface area (Å²) in [7, 11) is 1.25. The molecule has 0 bridgehead atoms. The van der Waals surface area contributed by atoms with Crippen LogP contribution in [-0.4, -0.2) is 40.5 Å². The van der Waals surface area contributed by atoms with Crippen LogP contribution in [0.1, 0.15) is 23.7 Å². The maximum absolute atomic E-state index is 11.2. The summed E-state index contributed by atoms with van der Waals surface area (Å²) >= 11 is 0. The van der Waals surface area contributed by atoms with Crippen LogP contribution in [0.15, 0.2) is 24.3 Å². The summed E-state index contributed by atoms with van der Waals surface area (Å²) in [6.07, 6.45) is -3.43. The number of aliphatic carboxylic acids is 1. The third kappa shape index (κ3) is 4.35. The molecule has 2 unspecified atom stereocenters. The van der Waals surface area contributed by atoms with Crippen molar-refractivity contribution in [2.75, 3.05) is 7.11 Å². The van der Waals surface area contributed by atoms with E-state index in [1.807, 2.05) is 0 Å². The number of aliphatic hydroxyl groups excluding tert-OH is 2. The van der Waals surface area contributed by atoms with Crippen LogP contribution in [0, 0.1) is 0 Å². The Balaban J connectivity index is 2.92. The predicted molar refractivity (Wildman–Crippen MR) is 65.4 cm³/mol. The van der Waals surface area contributed by atoms with Gasteiger partial charge in [-0.2, -0.15) is 0 Å². The highest BCUT2D eigenvalue weighted by molar-refractivity contribution is 5.73. The first kappa shape index (κ1) is 15.1. The quantitative estimate of drug-likeness (QED) is 0.640. The van der Waals surface area contributed by atoms with Crippen LogP contribution in [0.3, 0.4) is 0 Å². The second-order valence-electron chi connectivity index (χ2n) is 4.06. The summed E-state index contributed by atoms with van der Waals surface area (Å²) in [5.74, 6) is -1.69. The van der Waals surface area contributed by atoms with Gasteiger partial charge in [0.2, 0.25) is 0 Å². The van der Waals surface area contributed by atoms with Crippen LogP contribution in [0.5, 0.6) is 0 Å². The molecule has 6 nitrogen and oxygen atoms in total. The normalized spacial score (nSPS) is 13.6. The number of aliphatic hydroxyl groups is 2. The van der Waals surface area contributed by atoms with Crippen molar-refractivity contribution in [3.05, 3.63) is 35.4 Å². The lowest BCUT2D eigenvalue weighted by Crippen LogP contribution is -2.23. The van der Waals surface area contributed by atoms with Gasteiger partial charge >= 0.3 is 11.9 Å². The average Bonchev–Trinajstić information content (AvgIpc) is 2.37. The molecule has 0 heterocycles. The van der Waals surface area contributed by atoms with Crippen molar-refractivity contribution in [1.29, 1.82) is 0 Å². The highest BCUT2D eigenvalue weighted by Crippen LogP contribution is 2.23. The van der Waals surface area contributed by atoms with E-state index in [1.54, 1.807) is 18.2 Å². The molecule has 0 radical (unpaired) electrons. The van der Waals surface area contributed by atoms with Crippen molar-refractivity contribution < 1.29 is 29.6 Å². The molecule has 3 N–H and O–H groups in total. The number of carboxylic acids is 1. The van der Waals surface area contributed by atoms with Gasteiger partial charge in [0.05, 0.1) is 26.1 Å². The van der Waals surface area contributed by atoms with Crippen molar-refractivity contribution in [3.63, 3.8) is 0 Å². The van der Waals surface area contributed by atoms with E-state index in [0.29, 0.717) is 11.1 Å². The molecule has 2 atom stereocenters. The SMILES string of the molecule is COC(=O)Cc1ccccc1C(O)C(O)CC(=O)O. The summed E-state index contributed by atoms with van der Waals surface area (Å²) < 4.78 is 4.54. The Bertz CT molecular complexity index is 456. The molecule has 0 fully saturated rings. The molecule has 0 spiro atoms. The van der Waals surface area contributed by atoms with Crippen molar-refractivity contribution in [3.8, 4) is 0 Å². The maximum atomic E-state index is 11.2. The zero-order valence-electron chi connectivity index (χ0n) is 10.4. The Morgan fingerprint density at radius 2 is 1.89 bits per heavy atom. The second kappa shape index (κ2) is 6.86. The standard InChI is InChI=1S/C13H16O6/c1-19-12(17)6-8-4-2-3-5-9(8)13(18)10(14)7-11(15)16/h2-5,10,13-14,18H,6-7H2,1H3,(H,15,16). The summed E-state index contributed by atoms with van der Waals surface area (Å²) in [5, 5.41) is 28.1. The average molecular weight is 268 g/mol. The Kier molecular flexibility index (Phi) is 5.47. The van der Waals surface area contributed by atoms with Crippen LogP contribution in [-0.2, 0) is 20.7 Å². The maximum Gasteiger partial charge on any atom is 0.309 e. The Morgan fingerprint density at radius 3 is 2.47 bits per heavy atom. The fourth-order valence-corrected chi connectivity index (χ4v) is 1.71. The third-order valence-corrected chi connectivity index (χ3v) is 2.68. The predicted octanol–water partition coefficient (Wildman–Crippen LogP) is 0.271. The van der Waals surface area contributed by atoms with Crippen LogP contribution < -0.4 is 0 Å². The first-order chi connectivity index (χ1) is 8.95. The molecule has 1 aromatic rings. The highest BCUT2D eigenvalue weighted by atomic mass is 16.5. The topological polar surface area (TPSA) is 104 Å². The van der Waals surface area contributed by atoms with Gasteiger partial charge in [-0.15, -0.1) is 0 Å². The fourth-order valence-electron chi connectivity index (χ4n) is 1.71. The minimum atomic E-state index is -1.43. The molecule has 0 saturated heterocycles. The number of hydrogen-bond donors (Lipinski definition) is 3. The van der Waals surface area contributed by atoms with Gasteiger partial charge in [-0.25, -0.2) is 0 Å². The van der Waals surface area contributed by atoms with Gasteiger partial charge in [-0.1, -0.05) is 24.3 Å². The van der Waals surface area contributed by atoms with Crippen molar-refractivity contribution >= 4 is 11.9 Å². The molecule has 1 aromatic carbocycles. The molecule has 19 heavy (non-hydrogen) atoms. The van der Waals surface area contributed by atoms with Gasteiger partial charge in [0.15, 0.2) is 0 Å². The van der Waals surface area contributed by atoms with E-state index in [1.165, 1.54) is 13.2 Å². The Hall–Kier alpha value is -1.92. The van der Waals surface area contributed by atoms with E-state index in [4.69, 9.17) is 5.11 Å². The fraction of sp³-hybridized carbons (Fsp3) is 0.385. The molecule has 0 saturated carbocycles. The third-order valence-electron chi connectivity index (χ3n) is 2.68. The van der Waals surface area contributed by atoms with Gasteiger partial charge in [-0.05, 0) is 11.1 Å². The zero-order valence-corrected chi connectivity index (χ0v) is 10.4. The van der Waals surface area contributed by atoms with Crippen LogP contribution >= 0.6 is 0 Å². The van der Waals surface area contributed by atoms with Crippen molar-refractivity contribution in [1.82, 2.24) is 0 Å². The van der Waals surface area contributed by atoms with Crippen LogP contribution in [0.4, 0.5) is 0 Å². The largest absolute Gasteiger partial charge is 0.481 e. The number of carbonyl (C=O) groups excluding carboxylic acids is 1. The Labute approximate surface area is 110 Å². The van der Waals surface area contributed by atoms with Crippen LogP contribution in [0.25, 0.3) is 0 Å². The summed E-state index contributed by atoms with van der Waals surface area (Å²) in [6, 6.07) is 6.46. The lowest BCUT2D eigenvalue weighted by molar-refractivity contribution is -0.142. The number of esters is 1. The van der Waals surface area contributed by atoms with E-state index in [9.17, 15) is 19.8 Å². The highest BCUT2D eigenvalue weighted by Gasteiger charge is 2.23. The van der Waals surface area contributed by atoms with Gasteiger partial charge in [0.25, 0.3) is 0 Å². The summed E-state index contributed by atoms with van der Waals surface area (Å²) in [4.78, 5) is 21.8. The molecule has 0 aliphatic heterocycles. The molecule has 6 heteroatoms. The minimum Gasteiger partial charge on any atom is -0.481 e. The van der Waals surface area contributed by atoms with Gasteiger partial charge in [-0.3, -0.25) is 9.59 Å². The molecule has 0 aromatic heterocycles. The van der Waals surface area contributed by atoms with E-state index < -0.39 is 30.6 Å². The van der Waals surface area contributed by atoms with Gasteiger partial charge in [0, 0.05) is 0 Å². The van der Waals surface area contributed by atoms with Crippen molar-refractivity contribution in [2.24, 2.45) is 0 Å².